The lowest BCUT2D eigenvalue weighted by Gasteiger charge is -2.14. The molecule has 0 aromatic heterocycles. The Hall–Kier alpha value is -2.48. The van der Waals surface area contributed by atoms with Crippen LogP contribution < -0.4 is 10.2 Å². The number of amides is 2. The largest absolute Gasteiger partial charge is 0.496 e. The number of likely N-dealkylation sites (N-methyl/N-ethyl adjacent to an activating group) is 2. The standard InChI is InChI=1S/C16H19N5O2S/c1-20-13-14(21(2)16(20)22)24-15(18-13)19-17-10-6-8-11-7-4-5-9-12(11)23-3/h4-10,13-14H,1-3H3,(H,18,19)/b8-6+,17-10+. The molecule has 2 heterocycles. The molecule has 3 rings (SSSR count). The fraction of sp³-hybridized carbons (Fsp3) is 0.312. The molecule has 0 bridgehead atoms. The van der Waals surface area contributed by atoms with E-state index in [1.165, 1.54) is 11.8 Å². The predicted molar refractivity (Wildman–Crippen MR) is 97.2 cm³/mol. The number of urea groups is 1. The second-order valence-corrected chi connectivity index (χ2v) is 6.46. The zero-order chi connectivity index (χ0) is 17.1. The number of allylic oxidation sites excluding steroid dienone is 1. The van der Waals surface area contributed by atoms with Gasteiger partial charge in [-0.15, -0.1) is 0 Å². The van der Waals surface area contributed by atoms with Crippen LogP contribution in [0.4, 0.5) is 4.79 Å². The fourth-order valence-electron chi connectivity index (χ4n) is 2.56. The van der Waals surface area contributed by atoms with E-state index in [1.54, 1.807) is 37.2 Å². The van der Waals surface area contributed by atoms with Crippen molar-refractivity contribution in [1.82, 2.24) is 15.2 Å². The molecule has 24 heavy (non-hydrogen) atoms. The second-order valence-electron chi connectivity index (χ2n) is 5.35. The molecule has 0 aliphatic carbocycles. The highest BCUT2D eigenvalue weighted by Gasteiger charge is 2.46. The minimum absolute atomic E-state index is 0.00400. The summed E-state index contributed by atoms with van der Waals surface area (Å²) < 4.78 is 5.28. The van der Waals surface area contributed by atoms with Gasteiger partial charge in [-0.1, -0.05) is 30.0 Å². The van der Waals surface area contributed by atoms with E-state index in [0.29, 0.717) is 5.17 Å². The maximum Gasteiger partial charge on any atom is 0.322 e. The van der Waals surface area contributed by atoms with E-state index in [-0.39, 0.29) is 17.6 Å². The molecule has 8 heteroatoms. The van der Waals surface area contributed by atoms with Crippen LogP contribution in [0.1, 0.15) is 5.56 Å². The van der Waals surface area contributed by atoms with Crippen molar-refractivity contribution in [3.63, 3.8) is 0 Å². The molecule has 1 saturated heterocycles. The van der Waals surface area contributed by atoms with E-state index < -0.39 is 0 Å². The third-order valence-electron chi connectivity index (χ3n) is 3.85. The number of rotatable bonds is 4. The average molecular weight is 345 g/mol. The Morgan fingerprint density at radius 2 is 2.12 bits per heavy atom. The summed E-state index contributed by atoms with van der Waals surface area (Å²) in [7, 11) is 5.19. The normalized spacial score (nSPS) is 23.3. The number of thioether (sulfide) groups is 1. The maximum atomic E-state index is 11.8. The number of hydrogen-bond donors (Lipinski definition) is 1. The molecule has 2 amide bonds. The van der Waals surface area contributed by atoms with Gasteiger partial charge in [0, 0.05) is 25.9 Å². The van der Waals surface area contributed by atoms with Crippen molar-refractivity contribution in [2.75, 3.05) is 21.2 Å². The molecule has 2 aliphatic rings. The highest BCUT2D eigenvalue weighted by molar-refractivity contribution is 8.14. The quantitative estimate of drug-likeness (QED) is 0.670. The number of fused-ring (bicyclic) bond motifs is 1. The summed E-state index contributed by atoms with van der Waals surface area (Å²) >= 11 is 1.50. The highest BCUT2D eigenvalue weighted by atomic mass is 32.2. The van der Waals surface area contributed by atoms with Crippen molar-refractivity contribution in [1.29, 1.82) is 0 Å². The van der Waals surface area contributed by atoms with Gasteiger partial charge in [0.1, 0.15) is 11.1 Å². The number of nitrogens with zero attached hydrogens (tertiary/aromatic N) is 4. The smallest absolute Gasteiger partial charge is 0.322 e. The van der Waals surface area contributed by atoms with Gasteiger partial charge in [0.05, 0.1) is 7.11 Å². The maximum absolute atomic E-state index is 11.8. The summed E-state index contributed by atoms with van der Waals surface area (Å²) in [5, 5.41) is 4.85. The number of amidine groups is 1. The van der Waals surface area contributed by atoms with Crippen molar-refractivity contribution in [3.8, 4) is 5.75 Å². The predicted octanol–water partition coefficient (Wildman–Crippen LogP) is 2.04. The molecule has 2 atom stereocenters. The van der Waals surface area contributed by atoms with Gasteiger partial charge in [0.15, 0.2) is 11.3 Å². The number of ether oxygens (including phenoxy) is 1. The van der Waals surface area contributed by atoms with Gasteiger partial charge in [-0.25, -0.2) is 9.79 Å². The van der Waals surface area contributed by atoms with E-state index >= 15 is 0 Å². The van der Waals surface area contributed by atoms with Gasteiger partial charge >= 0.3 is 6.03 Å². The van der Waals surface area contributed by atoms with Crippen molar-refractivity contribution in [2.24, 2.45) is 10.1 Å². The number of para-hydroxylation sites is 1. The van der Waals surface area contributed by atoms with Crippen LogP contribution in [0.15, 0.2) is 40.4 Å². The van der Waals surface area contributed by atoms with Crippen LogP contribution in [0.2, 0.25) is 0 Å². The van der Waals surface area contributed by atoms with E-state index in [0.717, 1.165) is 11.3 Å². The molecular weight excluding hydrogens is 326 g/mol. The minimum atomic E-state index is -0.158. The van der Waals surface area contributed by atoms with Crippen molar-refractivity contribution in [2.45, 2.75) is 11.5 Å². The average Bonchev–Trinajstić information content (AvgIpc) is 3.11. The Balaban J connectivity index is 1.56. The number of methoxy groups -OCH3 is 1. The van der Waals surface area contributed by atoms with Crippen LogP contribution in [0.25, 0.3) is 6.08 Å². The summed E-state index contributed by atoms with van der Waals surface area (Å²) in [6.45, 7) is 0. The zero-order valence-electron chi connectivity index (χ0n) is 13.7. The van der Waals surface area contributed by atoms with E-state index in [2.05, 4.69) is 15.5 Å². The highest BCUT2D eigenvalue weighted by Crippen LogP contribution is 2.35. The van der Waals surface area contributed by atoms with Crippen LogP contribution in [0.5, 0.6) is 5.75 Å². The van der Waals surface area contributed by atoms with Crippen LogP contribution in [-0.4, -0.2) is 60.0 Å². The lowest BCUT2D eigenvalue weighted by atomic mass is 10.2. The summed E-state index contributed by atoms with van der Waals surface area (Å²) in [6.07, 6.45) is 5.24. The molecule has 1 aromatic carbocycles. The Morgan fingerprint density at radius 1 is 1.33 bits per heavy atom. The van der Waals surface area contributed by atoms with Crippen molar-refractivity contribution >= 4 is 35.3 Å². The van der Waals surface area contributed by atoms with Crippen LogP contribution in [0.3, 0.4) is 0 Å². The molecule has 1 N–H and O–H groups in total. The van der Waals surface area contributed by atoms with Gasteiger partial charge in [0.25, 0.3) is 0 Å². The molecule has 2 unspecified atom stereocenters. The molecule has 0 radical (unpaired) electrons. The van der Waals surface area contributed by atoms with E-state index in [1.807, 2.05) is 36.4 Å². The first-order valence-corrected chi connectivity index (χ1v) is 8.32. The summed E-state index contributed by atoms with van der Waals surface area (Å²) in [5.41, 5.74) is 3.90. The Morgan fingerprint density at radius 3 is 2.88 bits per heavy atom. The van der Waals surface area contributed by atoms with Crippen LogP contribution in [0, 0.1) is 0 Å². The minimum Gasteiger partial charge on any atom is -0.496 e. The third kappa shape index (κ3) is 3.09. The topological polar surface area (TPSA) is 69.5 Å². The molecule has 1 fully saturated rings. The summed E-state index contributed by atoms with van der Waals surface area (Å²) in [5.74, 6) is 0.814. The number of hydrogen-bond acceptors (Lipinski definition) is 6. The van der Waals surface area contributed by atoms with Gasteiger partial charge in [-0.2, -0.15) is 5.10 Å². The van der Waals surface area contributed by atoms with Gasteiger partial charge in [-0.3, -0.25) is 5.43 Å². The second kappa shape index (κ2) is 6.96. The van der Waals surface area contributed by atoms with E-state index in [9.17, 15) is 4.79 Å². The number of benzene rings is 1. The van der Waals surface area contributed by atoms with Gasteiger partial charge < -0.3 is 14.5 Å². The first-order valence-electron chi connectivity index (χ1n) is 7.44. The Labute approximate surface area is 145 Å². The molecule has 1 aromatic rings. The molecule has 7 nitrogen and oxygen atoms in total. The number of carbonyl (C=O) groups excluding carboxylic acids is 1. The molecule has 126 valence electrons. The van der Waals surface area contributed by atoms with Crippen molar-refractivity contribution in [3.05, 3.63) is 35.9 Å². The fourth-order valence-corrected chi connectivity index (χ4v) is 3.68. The summed E-state index contributed by atoms with van der Waals surface area (Å²) in [6, 6.07) is 7.75. The SMILES string of the molecule is COc1ccccc1/C=C/C=N/NC1=NC2C(S1)N(C)C(=O)N2C. The lowest BCUT2D eigenvalue weighted by molar-refractivity contribution is 0.201. The molecule has 2 aliphatic heterocycles. The number of hydrazone groups is 1. The molecule has 0 saturated carbocycles. The molecular formula is C16H19N5O2S. The molecule has 0 spiro atoms. The van der Waals surface area contributed by atoms with E-state index in [4.69, 9.17) is 4.74 Å². The first-order chi connectivity index (χ1) is 11.6. The monoisotopic (exact) mass is 345 g/mol. The number of carbonyl (C=O) groups is 1. The van der Waals surface area contributed by atoms with Gasteiger partial charge in [-0.05, 0) is 18.2 Å². The van der Waals surface area contributed by atoms with Gasteiger partial charge in [0.2, 0.25) is 0 Å². The Bertz CT molecular complexity index is 718. The number of nitrogens with one attached hydrogen (secondary N) is 1. The summed E-state index contributed by atoms with van der Waals surface area (Å²) in [4.78, 5) is 19.6. The zero-order valence-corrected chi connectivity index (χ0v) is 14.5. The Kier molecular flexibility index (Phi) is 4.75. The third-order valence-corrected chi connectivity index (χ3v) is 5.08. The number of aliphatic imine (C=N–C) groups is 1. The van der Waals surface area contributed by atoms with Crippen LogP contribution in [-0.2, 0) is 0 Å². The van der Waals surface area contributed by atoms with Crippen LogP contribution >= 0.6 is 11.8 Å². The first kappa shape index (κ1) is 16.4. The van der Waals surface area contributed by atoms with Crippen molar-refractivity contribution < 1.29 is 9.53 Å². The lowest BCUT2D eigenvalue weighted by Crippen LogP contribution is -2.30.